The molecule has 0 fully saturated rings. The number of ether oxygens (including phenoxy) is 2. The molecule has 0 radical (unpaired) electrons. The maximum Gasteiger partial charge on any atom is 0.272 e. The van der Waals surface area contributed by atoms with Gasteiger partial charge < -0.3 is 14.0 Å². The second-order valence-electron chi connectivity index (χ2n) is 5.48. The first kappa shape index (κ1) is 18.4. The Balaban J connectivity index is 2.12. The van der Waals surface area contributed by atoms with Gasteiger partial charge in [0.1, 0.15) is 21.7 Å². The number of nitrogens with zero attached hydrogens (tertiary/aromatic N) is 2. The van der Waals surface area contributed by atoms with Crippen molar-refractivity contribution in [3.8, 4) is 11.5 Å². The van der Waals surface area contributed by atoms with Gasteiger partial charge in [-0.05, 0) is 36.1 Å². The lowest BCUT2D eigenvalue weighted by molar-refractivity contribution is -0.113. The minimum Gasteiger partial charge on any atom is -0.495 e. The quantitative estimate of drug-likeness (QED) is 0.591. The largest absolute Gasteiger partial charge is 0.495 e. The van der Waals surface area contributed by atoms with Gasteiger partial charge in [-0.15, -0.1) is 11.3 Å². The number of amides is 1. The van der Waals surface area contributed by atoms with E-state index in [4.69, 9.17) is 9.47 Å². The molecule has 0 spiro atoms. The van der Waals surface area contributed by atoms with Crippen molar-refractivity contribution in [1.29, 1.82) is 0 Å². The summed E-state index contributed by atoms with van der Waals surface area (Å²) >= 11 is 3.02. The Hall–Kier alpha value is -2.38. The van der Waals surface area contributed by atoms with E-state index in [1.165, 1.54) is 17.4 Å². The molecule has 1 amide bonds. The highest BCUT2D eigenvalue weighted by Gasteiger charge is 2.15. The standard InChI is InChI=1S/C19H20N2O3S2/c1-4-11-21-17-14(23-2)8-9-15(24-3)18(17)26-19(21)20-16(22)10-7-13-6-5-12-25-13/h5-10,12H,4,11H2,1-3H3. The van der Waals surface area contributed by atoms with Crippen LogP contribution in [0.15, 0.2) is 40.7 Å². The minimum atomic E-state index is -0.284. The zero-order valence-corrected chi connectivity index (χ0v) is 16.5. The third-order valence-corrected chi connectivity index (χ3v) is 5.71. The van der Waals surface area contributed by atoms with Crippen molar-refractivity contribution < 1.29 is 14.3 Å². The Morgan fingerprint density at radius 3 is 2.65 bits per heavy atom. The number of methoxy groups -OCH3 is 2. The third kappa shape index (κ3) is 3.73. The number of aryl methyl sites for hydroxylation is 1. The summed E-state index contributed by atoms with van der Waals surface area (Å²) in [5, 5.41) is 1.97. The molecule has 1 aromatic carbocycles. The van der Waals surface area contributed by atoms with Crippen LogP contribution in [-0.2, 0) is 11.3 Å². The number of carbonyl (C=O) groups is 1. The molecule has 0 aliphatic heterocycles. The second kappa shape index (κ2) is 8.33. The summed E-state index contributed by atoms with van der Waals surface area (Å²) in [5.41, 5.74) is 0.910. The fraction of sp³-hybridized carbons (Fsp3) is 0.263. The molecule has 0 aliphatic carbocycles. The van der Waals surface area contributed by atoms with Crippen LogP contribution in [0.2, 0.25) is 0 Å². The predicted octanol–water partition coefficient (Wildman–Crippen LogP) is 4.33. The van der Waals surface area contributed by atoms with E-state index in [1.807, 2.05) is 34.2 Å². The molecule has 5 nitrogen and oxygen atoms in total. The van der Waals surface area contributed by atoms with Crippen LogP contribution in [0.3, 0.4) is 0 Å². The number of benzene rings is 1. The van der Waals surface area contributed by atoms with Crippen LogP contribution in [0.5, 0.6) is 11.5 Å². The lowest BCUT2D eigenvalue weighted by Gasteiger charge is -2.09. The number of carbonyl (C=O) groups excluding carboxylic acids is 1. The maximum absolute atomic E-state index is 12.3. The topological polar surface area (TPSA) is 52.8 Å². The van der Waals surface area contributed by atoms with Crippen LogP contribution in [0.1, 0.15) is 18.2 Å². The Morgan fingerprint density at radius 2 is 2.00 bits per heavy atom. The highest BCUT2D eigenvalue weighted by atomic mass is 32.1. The summed E-state index contributed by atoms with van der Waals surface area (Å²) in [5.74, 6) is 1.21. The Labute approximate surface area is 159 Å². The molecule has 0 aliphatic rings. The lowest BCUT2D eigenvalue weighted by Crippen LogP contribution is -2.16. The van der Waals surface area contributed by atoms with Crippen molar-refractivity contribution in [2.45, 2.75) is 19.9 Å². The van der Waals surface area contributed by atoms with Crippen molar-refractivity contribution >= 4 is 44.9 Å². The summed E-state index contributed by atoms with van der Waals surface area (Å²) < 4.78 is 13.9. The van der Waals surface area contributed by atoms with Gasteiger partial charge >= 0.3 is 0 Å². The van der Waals surface area contributed by atoms with Gasteiger partial charge in [0.25, 0.3) is 5.91 Å². The fourth-order valence-electron chi connectivity index (χ4n) is 2.64. The van der Waals surface area contributed by atoms with E-state index in [-0.39, 0.29) is 5.91 Å². The molecule has 26 heavy (non-hydrogen) atoms. The number of hydrogen-bond acceptors (Lipinski definition) is 5. The maximum atomic E-state index is 12.3. The SMILES string of the molecule is CCCn1c(=NC(=O)C=Cc2cccs2)sc2c(OC)ccc(OC)c21. The lowest BCUT2D eigenvalue weighted by atomic mass is 10.3. The molecular weight excluding hydrogens is 368 g/mol. The number of thiophene rings is 1. The minimum absolute atomic E-state index is 0.284. The van der Waals surface area contributed by atoms with Gasteiger partial charge in [0.05, 0.1) is 14.2 Å². The third-order valence-electron chi connectivity index (χ3n) is 3.78. The summed E-state index contributed by atoms with van der Waals surface area (Å²) in [6.07, 6.45) is 4.20. The fourth-order valence-corrected chi connectivity index (χ4v) is 4.43. The summed E-state index contributed by atoms with van der Waals surface area (Å²) in [4.78, 5) is 18.3. The first-order valence-corrected chi connectivity index (χ1v) is 9.92. The molecule has 3 rings (SSSR count). The number of hydrogen-bond donors (Lipinski definition) is 0. The summed E-state index contributed by atoms with van der Waals surface area (Å²) in [7, 11) is 3.28. The number of thiazole rings is 1. The van der Waals surface area contributed by atoms with Gasteiger partial charge in [-0.25, -0.2) is 0 Å². The normalized spacial score (nSPS) is 12.2. The first-order valence-electron chi connectivity index (χ1n) is 8.22. The highest BCUT2D eigenvalue weighted by Crippen LogP contribution is 2.35. The smallest absolute Gasteiger partial charge is 0.272 e. The molecule has 0 atom stereocenters. The monoisotopic (exact) mass is 388 g/mol. The van der Waals surface area contributed by atoms with Gasteiger partial charge in [-0.2, -0.15) is 4.99 Å². The molecule has 0 bridgehead atoms. The van der Waals surface area contributed by atoms with E-state index in [2.05, 4.69) is 11.9 Å². The van der Waals surface area contributed by atoms with Gasteiger partial charge in [-0.3, -0.25) is 4.79 Å². The van der Waals surface area contributed by atoms with Crippen LogP contribution in [0.25, 0.3) is 16.3 Å². The van der Waals surface area contributed by atoms with Gasteiger partial charge in [0.2, 0.25) is 0 Å². The van der Waals surface area contributed by atoms with E-state index in [0.717, 1.165) is 39.6 Å². The zero-order valence-electron chi connectivity index (χ0n) is 14.9. The van der Waals surface area contributed by atoms with E-state index >= 15 is 0 Å². The van der Waals surface area contributed by atoms with Gasteiger partial charge in [-0.1, -0.05) is 24.3 Å². The van der Waals surface area contributed by atoms with Gasteiger partial charge in [0.15, 0.2) is 4.80 Å². The molecule has 0 saturated heterocycles. The van der Waals surface area contributed by atoms with Crippen molar-refractivity contribution in [2.75, 3.05) is 14.2 Å². The molecule has 136 valence electrons. The predicted molar refractivity (Wildman–Crippen MR) is 107 cm³/mol. The molecule has 2 aromatic heterocycles. The number of fused-ring (bicyclic) bond motifs is 1. The Morgan fingerprint density at radius 1 is 1.23 bits per heavy atom. The second-order valence-corrected chi connectivity index (χ2v) is 7.44. The van der Waals surface area contributed by atoms with Crippen molar-refractivity contribution in [1.82, 2.24) is 4.57 Å². The molecule has 0 N–H and O–H groups in total. The van der Waals surface area contributed by atoms with E-state index in [1.54, 1.807) is 31.6 Å². The summed E-state index contributed by atoms with van der Waals surface area (Å²) in [6, 6.07) is 7.66. The zero-order chi connectivity index (χ0) is 18.5. The molecule has 7 heteroatoms. The van der Waals surface area contributed by atoms with Crippen LogP contribution < -0.4 is 14.3 Å². The summed E-state index contributed by atoms with van der Waals surface area (Å²) in [6.45, 7) is 2.83. The molecule has 0 unspecified atom stereocenters. The first-order chi connectivity index (χ1) is 12.7. The van der Waals surface area contributed by atoms with Crippen LogP contribution in [0.4, 0.5) is 0 Å². The van der Waals surface area contributed by atoms with Crippen LogP contribution in [-0.4, -0.2) is 24.7 Å². The molecule has 2 heterocycles. The van der Waals surface area contributed by atoms with Gasteiger partial charge in [0, 0.05) is 17.5 Å². The van der Waals surface area contributed by atoms with E-state index in [0.29, 0.717) is 4.80 Å². The average Bonchev–Trinajstić information content (AvgIpc) is 3.28. The number of aromatic nitrogens is 1. The van der Waals surface area contributed by atoms with Crippen molar-refractivity contribution in [2.24, 2.45) is 4.99 Å². The van der Waals surface area contributed by atoms with Crippen molar-refractivity contribution in [3.63, 3.8) is 0 Å². The molecule has 3 aromatic rings. The number of rotatable bonds is 6. The van der Waals surface area contributed by atoms with Crippen molar-refractivity contribution in [3.05, 3.63) is 45.4 Å². The average molecular weight is 389 g/mol. The molecular formula is C19H20N2O3S2. The molecule has 0 saturated carbocycles. The highest BCUT2D eigenvalue weighted by molar-refractivity contribution is 7.16. The Bertz CT molecular complexity index is 998. The van der Waals surface area contributed by atoms with Crippen LogP contribution >= 0.6 is 22.7 Å². The van der Waals surface area contributed by atoms with E-state index in [9.17, 15) is 4.79 Å². The van der Waals surface area contributed by atoms with Crippen LogP contribution in [0, 0.1) is 0 Å². The van der Waals surface area contributed by atoms with E-state index < -0.39 is 0 Å². The Kier molecular flexibility index (Phi) is 5.90.